The predicted molar refractivity (Wildman–Crippen MR) is 508 cm³/mol. The molecule has 4 aliphatic heterocycles. The fourth-order valence-corrected chi connectivity index (χ4v) is 24.4. The van der Waals surface area contributed by atoms with Crippen molar-refractivity contribution < 1.29 is 121 Å². The monoisotopic (exact) mass is 1950 g/mol. The first-order chi connectivity index (χ1) is 65.0. The molecule has 0 atom stereocenters. The zero-order chi connectivity index (χ0) is 97.7. The summed E-state index contributed by atoms with van der Waals surface area (Å²) in [6.45, 7) is 20.2. The van der Waals surface area contributed by atoms with E-state index in [4.69, 9.17) is 47.7 Å². The zero-order valence-corrected chi connectivity index (χ0v) is 81.0. The van der Waals surface area contributed by atoms with Gasteiger partial charge in [-0.3, -0.25) is 40.0 Å². The van der Waals surface area contributed by atoms with Crippen molar-refractivity contribution in [3.8, 4) is 67.5 Å². The lowest BCUT2D eigenvalue weighted by Gasteiger charge is -2.39. The van der Waals surface area contributed by atoms with Gasteiger partial charge in [-0.05, 0) is 233 Å². The van der Waals surface area contributed by atoms with Crippen molar-refractivity contribution in [1.29, 1.82) is 0 Å². The van der Waals surface area contributed by atoms with Crippen molar-refractivity contribution in [3.05, 3.63) is 194 Å². The lowest BCUT2D eigenvalue weighted by molar-refractivity contribution is -0.134. The number of ether oxygens (including phenoxy) is 9. The summed E-state index contributed by atoms with van der Waals surface area (Å²) in [6, 6.07) is 55.9. The number of methoxy groups -OCH3 is 3. The number of benzene rings is 8. The summed E-state index contributed by atoms with van der Waals surface area (Å²) >= 11 is 0. The highest BCUT2D eigenvalue weighted by Gasteiger charge is 2.57. The number of rotatable bonds is 43. The van der Waals surface area contributed by atoms with Crippen LogP contribution in [0.4, 0.5) is 0 Å². The van der Waals surface area contributed by atoms with Gasteiger partial charge in [-0.1, -0.05) is 111 Å². The molecule has 4 saturated heterocycles. The number of aliphatic hydroxyl groups excluding tert-OH is 1. The molecule has 4 fully saturated rings. The first-order valence-corrected chi connectivity index (χ1v) is 51.2. The van der Waals surface area contributed by atoms with Crippen molar-refractivity contribution in [1.82, 2.24) is 41.5 Å². The number of hydroxylamine groups is 4. The Morgan fingerprint density at radius 2 is 0.496 bits per heavy atom. The molecule has 8 aromatic carbocycles. The number of nitrogens with one attached hydrogen (secondary N) is 4. The molecule has 4 aliphatic rings. The molecular weight excluding hydrogens is 1820 g/mol. The smallest absolute Gasteiger partial charge is 0.265 e. The van der Waals surface area contributed by atoms with Gasteiger partial charge in [-0.15, -0.1) is 0 Å². The van der Waals surface area contributed by atoms with Crippen LogP contribution in [0, 0.1) is 0 Å². The Bertz CT molecular complexity index is 5300. The van der Waals surface area contributed by atoms with Gasteiger partial charge in [0.05, 0.1) is 59.2 Å². The van der Waals surface area contributed by atoms with Crippen LogP contribution in [0.2, 0.25) is 0 Å². The number of amides is 4. The summed E-state index contributed by atoms with van der Waals surface area (Å²) in [7, 11) is -11.3. The highest BCUT2D eigenvalue weighted by molar-refractivity contribution is 7.94. The average Bonchev–Trinajstić information content (AvgIpc) is 0.756. The van der Waals surface area contributed by atoms with Crippen molar-refractivity contribution >= 4 is 63.0 Å². The molecule has 135 heavy (non-hydrogen) atoms. The van der Waals surface area contributed by atoms with E-state index < -0.39 is 82.0 Å². The maximum atomic E-state index is 13.6. The second-order valence-corrected chi connectivity index (χ2v) is 41.7. The van der Waals surface area contributed by atoms with Gasteiger partial charge in [0.1, 0.15) is 42.8 Å². The molecule has 0 unspecified atom stereocenters. The largest absolute Gasteiger partial charge is 0.494 e. The topological polar surface area (TPSA) is 450 Å². The zero-order valence-electron chi connectivity index (χ0n) is 77.7. The SMILES string of the molecule is CCN1CCC(C(=O)NO)(S(=O)(=O)c2ccc(-c3ccc(OCCCCO)cc3)cc2)CC1.CCOCCOc1ccc(-c2ccc(S(=O)(=O)C3(C(=O)NO)CCN(CC)CC3)cc2)cc1.CCOCCOc1ccc(-c2ccc(S(=O)(=O)C3(C(=O)NO)CCN(CCOC)CC3)cc2)cc1.COCCOc1ccc(-c2ccc(S(=O)(=O)C3(C(=O)NO)CCN(CCOC)CC3)cc2)cc1. The van der Waals surface area contributed by atoms with Crippen LogP contribution in [-0.4, -0.2) is 301 Å². The fraction of sp³-hybridized carbons (Fsp3) is 0.464. The number of likely N-dealkylation sites (tertiary alicyclic amines) is 4. The van der Waals surface area contributed by atoms with E-state index in [-0.39, 0.29) is 77.6 Å². The molecule has 34 nitrogen and oxygen atoms in total. The van der Waals surface area contributed by atoms with E-state index in [1.807, 2.05) is 130 Å². The highest BCUT2D eigenvalue weighted by Crippen LogP contribution is 2.43. The summed E-state index contributed by atoms with van der Waals surface area (Å²) in [5, 5.41) is 46.1. The average molecular weight is 1950 g/mol. The van der Waals surface area contributed by atoms with Gasteiger partial charge in [0.2, 0.25) is 0 Å². The van der Waals surface area contributed by atoms with Crippen LogP contribution in [0.25, 0.3) is 44.5 Å². The Labute approximate surface area is 792 Å². The van der Waals surface area contributed by atoms with Crippen molar-refractivity contribution in [3.63, 3.8) is 0 Å². The van der Waals surface area contributed by atoms with E-state index in [1.54, 1.807) is 91.8 Å². The Hall–Kier alpha value is -9.92. The number of piperidine rings is 4. The standard InChI is InChI=1S/C25H34N2O7S.C24H32N2O7S.2C24H32N2O6S/c1-3-33-18-19-34-22-8-4-20(5-9-22)21-6-10-23(11-7-21)35(30,31)25(24(28)26-29)12-14-27(15-13-25)16-17-32-2;1-31-16-15-26-13-11-24(12-14-26,23(27)25-28)34(29,30)22-9-5-20(6-10-22)19-3-7-21(8-4-19)33-18-17-32-2;1-3-26-15-13-24(14-16-26,23(27)25-28)33(29,30)22-11-7-20(8-12-22)19-5-9-21(10-6-19)32-18-17-31-4-2;1-2-26-15-13-24(14-16-26,23(28)25-29)33(30,31)22-11-7-20(8-12-22)19-5-9-21(10-6-19)32-18-4-3-17-27/h4-11,29H,3,12-19H2,1-2H3,(H,26,28);3-10,28H,11-18H2,1-2H3,(H,25,27);5-12,28H,3-4,13-18H2,1-2H3,(H,25,27);5-12,27,29H,2-4,13-18H2,1H3,(H,25,28). The molecule has 0 radical (unpaired) electrons. The molecule has 0 aliphatic carbocycles. The fourth-order valence-electron chi connectivity index (χ4n) is 16.6. The van der Waals surface area contributed by atoms with Crippen LogP contribution >= 0.6 is 0 Å². The van der Waals surface area contributed by atoms with Crippen LogP contribution in [-0.2, 0) is 82.2 Å². The number of hydrogen-bond acceptors (Lipinski definition) is 30. The highest BCUT2D eigenvalue weighted by atomic mass is 32.2. The third kappa shape index (κ3) is 27.1. The second kappa shape index (κ2) is 52.6. The Balaban J connectivity index is 0.000000202. The van der Waals surface area contributed by atoms with Gasteiger partial charge in [0.15, 0.2) is 58.3 Å². The summed E-state index contributed by atoms with van der Waals surface area (Å²) in [5.74, 6) is -0.645. The second-order valence-electron chi connectivity index (χ2n) is 32.7. The molecule has 9 N–H and O–H groups in total. The number of hydrogen-bond donors (Lipinski definition) is 9. The predicted octanol–water partition coefficient (Wildman–Crippen LogP) is 10.2. The number of sulfone groups is 4. The van der Waals surface area contributed by atoms with E-state index in [1.165, 1.54) is 48.5 Å². The number of nitrogens with zero attached hydrogens (tertiary/aromatic N) is 4. The van der Waals surface area contributed by atoms with Gasteiger partial charge in [-0.2, -0.15) is 0 Å². The maximum Gasteiger partial charge on any atom is 0.265 e. The molecule has 12 rings (SSSR count). The molecule has 738 valence electrons. The summed E-state index contributed by atoms with van der Waals surface area (Å²) in [6.07, 6.45) is 2.30. The van der Waals surface area contributed by atoms with Crippen LogP contribution in [0.15, 0.2) is 214 Å². The minimum absolute atomic E-state index is 0.0460. The normalized spacial score (nSPS) is 16.2. The number of carbonyl (C=O) groups excluding carboxylic acids is 4. The molecule has 4 heterocycles. The number of carbonyl (C=O) groups is 4. The molecule has 0 aromatic heterocycles. The molecule has 38 heteroatoms. The Morgan fingerprint density at radius 3 is 0.696 bits per heavy atom. The van der Waals surface area contributed by atoms with Gasteiger partial charge >= 0.3 is 0 Å². The molecule has 0 bridgehead atoms. The van der Waals surface area contributed by atoms with Crippen LogP contribution in [0.3, 0.4) is 0 Å². The molecule has 0 saturated carbocycles. The van der Waals surface area contributed by atoms with Gasteiger partial charge < -0.3 is 67.3 Å². The van der Waals surface area contributed by atoms with Gasteiger partial charge in [-0.25, -0.2) is 55.6 Å². The van der Waals surface area contributed by atoms with Gasteiger partial charge in [0, 0.05) is 107 Å². The Kier molecular flexibility index (Phi) is 42.3. The van der Waals surface area contributed by atoms with Crippen LogP contribution in [0.1, 0.15) is 91.9 Å². The molecular formula is C97H130N8O26S4. The van der Waals surface area contributed by atoms with E-state index in [0.29, 0.717) is 150 Å². The third-order valence-corrected chi connectivity index (χ3v) is 35.1. The molecule has 0 spiro atoms. The van der Waals surface area contributed by atoms with E-state index in [9.17, 15) is 73.7 Å². The minimum atomic E-state index is -4.06. The quantitative estimate of drug-likeness (QED) is 0.00974. The Morgan fingerprint density at radius 1 is 0.289 bits per heavy atom. The number of aliphatic hydroxyl groups is 1. The van der Waals surface area contributed by atoms with Crippen molar-refractivity contribution in [2.75, 3.05) is 179 Å². The molecule has 8 aromatic rings. The van der Waals surface area contributed by atoms with Crippen LogP contribution < -0.4 is 40.9 Å². The lowest BCUT2D eigenvalue weighted by atomic mass is 9.95. The third-order valence-electron chi connectivity index (χ3n) is 25.1. The first-order valence-electron chi connectivity index (χ1n) is 45.2. The van der Waals surface area contributed by atoms with Crippen molar-refractivity contribution in [2.24, 2.45) is 0 Å². The molecule has 4 amide bonds. The maximum absolute atomic E-state index is 13.6. The van der Waals surface area contributed by atoms with E-state index in [0.717, 1.165) is 81.3 Å². The van der Waals surface area contributed by atoms with Gasteiger partial charge in [0.25, 0.3) is 23.6 Å². The van der Waals surface area contributed by atoms with E-state index >= 15 is 0 Å². The van der Waals surface area contributed by atoms with Crippen molar-refractivity contribution in [2.45, 2.75) is 130 Å². The first kappa shape index (κ1) is 109. The summed E-state index contributed by atoms with van der Waals surface area (Å²) < 4.78 is 150. The van der Waals surface area contributed by atoms with E-state index in [2.05, 4.69) is 14.7 Å². The lowest BCUT2D eigenvalue weighted by Crippen LogP contribution is -2.58. The minimum Gasteiger partial charge on any atom is -0.494 e. The van der Waals surface area contributed by atoms with Crippen LogP contribution in [0.5, 0.6) is 23.0 Å². The summed E-state index contributed by atoms with van der Waals surface area (Å²) in [5.41, 5.74) is 13.3. The number of unbranched alkanes of at least 4 members (excludes halogenated alkanes) is 1. The summed E-state index contributed by atoms with van der Waals surface area (Å²) in [4.78, 5) is 58.9.